The lowest BCUT2D eigenvalue weighted by Gasteiger charge is -2.15. The van der Waals surface area contributed by atoms with Crippen LogP contribution in [0.5, 0.6) is 0 Å². The van der Waals surface area contributed by atoms with Gasteiger partial charge in [-0.2, -0.15) is 13.2 Å². The highest BCUT2D eigenvalue weighted by atomic mass is 19.4. The Bertz CT molecular complexity index is 901. The summed E-state index contributed by atoms with van der Waals surface area (Å²) in [5.74, 6) is -0.174. The van der Waals surface area contributed by atoms with Crippen LogP contribution in [0, 0.1) is 0 Å². The lowest BCUT2D eigenvalue weighted by molar-refractivity contribution is -0.137. The van der Waals surface area contributed by atoms with Gasteiger partial charge in [-0.25, -0.2) is 0 Å². The smallest absolute Gasteiger partial charge is 0.300 e. The molecule has 1 aromatic heterocycles. The molecule has 0 amide bonds. The zero-order valence-electron chi connectivity index (χ0n) is 15.9. The Morgan fingerprint density at radius 1 is 1.11 bits per heavy atom. The van der Waals surface area contributed by atoms with Crippen molar-refractivity contribution in [3.05, 3.63) is 65.5 Å². The summed E-state index contributed by atoms with van der Waals surface area (Å²) in [5, 5.41) is 0. The van der Waals surface area contributed by atoms with E-state index in [1.165, 1.54) is 38.2 Å². The molecule has 2 aromatic rings. The molecule has 2 rings (SSSR count). The van der Waals surface area contributed by atoms with Gasteiger partial charge in [-0.15, -0.1) is 0 Å². The quantitative estimate of drug-likeness (QED) is 0.422. The zero-order chi connectivity index (χ0) is 20.9. The molecule has 0 saturated carbocycles. The lowest BCUT2D eigenvalue weighted by Crippen LogP contribution is -2.09. The number of Topliss-reactive ketones (excluding diaryl/α,β-unsaturated/α-hetero) is 2. The Hall–Kier alpha value is -2.76. The molecule has 0 aliphatic carbocycles. The molecule has 0 aliphatic heterocycles. The number of pyridine rings is 1. The zero-order valence-corrected chi connectivity index (χ0v) is 15.9. The van der Waals surface area contributed by atoms with Crippen molar-refractivity contribution in [3.8, 4) is 11.1 Å². The van der Waals surface area contributed by atoms with E-state index in [4.69, 9.17) is 0 Å². The highest BCUT2D eigenvalue weighted by Crippen LogP contribution is 2.37. The van der Waals surface area contributed by atoms with E-state index in [-0.39, 0.29) is 22.8 Å². The summed E-state index contributed by atoms with van der Waals surface area (Å²) in [6.07, 6.45) is -1.19. The van der Waals surface area contributed by atoms with Crippen LogP contribution >= 0.6 is 0 Å². The average molecular weight is 389 g/mol. The van der Waals surface area contributed by atoms with Crippen molar-refractivity contribution in [2.24, 2.45) is 0 Å². The van der Waals surface area contributed by atoms with Crippen molar-refractivity contribution in [2.75, 3.05) is 0 Å². The summed E-state index contributed by atoms with van der Waals surface area (Å²) in [5.41, 5.74) is 1.12. The molecule has 1 heterocycles. The first-order valence-corrected chi connectivity index (χ1v) is 8.92. The molecule has 0 fully saturated rings. The summed E-state index contributed by atoms with van der Waals surface area (Å²) in [4.78, 5) is 27.1. The minimum Gasteiger partial charge on any atom is -0.300 e. The fourth-order valence-electron chi connectivity index (χ4n) is 3.04. The summed E-state index contributed by atoms with van der Waals surface area (Å²) in [6.45, 7) is 6.86. The summed E-state index contributed by atoms with van der Waals surface area (Å²) >= 11 is 0. The highest BCUT2D eigenvalue weighted by Gasteiger charge is 2.33. The second kappa shape index (κ2) is 8.95. The lowest BCUT2D eigenvalue weighted by atomic mass is 9.94. The SMILES string of the molecule is C=C(CCCC(C)=O)Cc1cc(-c2ccccc2C(F)(F)F)cnc1C(C)=O. The first-order valence-electron chi connectivity index (χ1n) is 8.92. The fourth-order valence-corrected chi connectivity index (χ4v) is 3.04. The Morgan fingerprint density at radius 3 is 2.39 bits per heavy atom. The highest BCUT2D eigenvalue weighted by molar-refractivity contribution is 5.94. The maximum Gasteiger partial charge on any atom is 0.417 e. The van der Waals surface area contributed by atoms with Gasteiger partial charge in [0.25, 0.3) is 0 Å². The number of carbonyl (C=O) groups excluding carboxylic acids is 2. The number of hydrogen-bond acceptors (Lipinski definition) is 3. The maximum absolute atomic E-state index is 13.3. The van der Waals surface area contributed by atoms with E-state index in [0.717, 1.165) is 11.6 Å². The monoisotopic (exact) mass is 389 g/mol. The first-order chi connectivity index (χ1) is 13.1. The average Bonchev–Trinajstić information content (AvgIpc) is 2.60. The van der Waals surface area contributed by atoms with E-state index < -0.39 is 11.7 Å². The van der Waals surface area contributed by atoms with E-state index in [2.05, 4.69) is 11.6 Å². The van der Waals surface area contributed by atoms with Gasteiger partial charge in [0.1, 0.15) is 11.5 Å². The standard InChI is InChI=1S/C22H22F3NO2/c1-14(7-6-8-15(2)27)11-17-12-18(13-26-21(17)16(3)28)19-9-4-5-10-20(19)22(23,24)25/h4-5,9-10,12-13H,1,6-8,11H2,2-3H3. The molecular weight excluding hydrogens is 367 g/mol. The molecule has 3 nitrogen and oxygen atoms in total. The largest absolute Gasteiger partial charge is 0.417 e. The van der Waals surface area contributed by atoms with Crippen LogP contribution in [0.4, 0.5) is 13.2 Å². The second-order valence-electron chi connectivity index (χ2n) is 6.81. The third kappa shape index (κ3) is 5.62. The summed E-state index contributed by atoms with van der Waals surface area (Å²) in [6, 6.07) is 6.85. The fraction of sp³-hybridized carbons (Fsp3) is 0.318. The molecule has 0 N–H and O–H groups in total. The summed E-state index contributed by atoms with van der Waals surface area (Å²) < 4.78 is 40.0. The number of halogens is 3. The van der Waals surface area contributed by atoms with Crippen LogP contribution in [0.15, 0.2) is 48.7 Å². The molecule has 0 saturated heterocycles. The van der Waals surface area contributed by atoms with Crippen LogP contribution in [-0.4, -0.2) is 16.6 Å². The van der Waals surface area contributed by atoms with Crippen molar-refractivity contribution in [2.45, 2.75) is 45.7 Å². The number of rotatable bonds is 8. The number of benzene rings is 1. The van der Waals surface area contributed by atoms with Gasteiger partial charge in [0.05, 0.1) is 5.56 Å². The van der Waals surface area contributed by atoms with Gasteiger partial charge < -0.3 is 4.79 Å². The van der Waals surface area contributed by atoms with Gasteiger partial charge in [-0.1, -0.05) is 30.4 Å². The van der Waals surface area contributed by atoms with Crippen molar-refractivity contribution >= 4 is 11.6 Å². The molecule has 6 heteroatoms. The molecule has 0 spiro atoms. The predicted octanol–water partition coefficient (Wildman–Crippen LogP) is 5.83. The van der Waals surface area contributed by atoms with Gasteiger partial charge in [0.2, 0.25) is 0 Å². The van der Waals surface area contributed by atoms with Gasteiger partial charge in [-0.3, -0.25) is 9.78 Å². The van der Waals surface area contributed by atoms with E-state index in [9.17, 15) is 22.8 Å². The molecule has 0 radical (unpaired) electrons. The predicted molar refractivity (Wildman–Crippen MR) is 102 cm³/mol. The molecule has 0 aliphatic rings. The second-order valence-corrected chi connectivity index (χ2v) is 6.81. The van der Waals surface area contributed by atoms with Gasteiger partial charge >= 0.3 is 6.18 Å². The van der Waals surface area contributed by atoms with Gasteiger partial charge in [0.15, 0.2) is 5.78 Å². The minimum absolute atomic E-state index is 0.0149. The normalized spacial score (nSPS) is 11.3. The molecule has 0 atom stereocenters. The van der Waals surface area contributed by atoms with Crippen LogP contribution in [0.2, 0.25) is 0 Å². The van der Waals surface area contributed by atoms with Crippen LogP contribution in [0.1, 0.15) is 54.7 Å². The Balaban J connectivity index is 2.38. The van der Waals surface area contributed by atoms with Crippen molar-refractivity contribution in [1.29, 1.82) is 0 Å². The number of alkyl halides is 3. The Morgan fingerprint density at radius 2 is 1.79 bits per heavy atom. The van der Waals surface area contributed by atoms with Crippen LogP contribution in [0.25, 0.3) is 11.1 Å². The third-order valence-electron chi connectivity index (χ3n) is 4.34. The number of aromatic nitrogens is 1. The first kappa shape index (κ1) is 21.5. The number of nitrogens with zero attached hydrogens (tertiary/aromatic N) is 1. The van der Waals surface area contributed by atoms with E-state index in [1.54, 1.807) is 6.07 Å². The topological polar surface area (TPSA) is 47.0 Å². The molecular formula is C22H22F3NO2. The molecule has 1 aromatic carbocycles. The van der Waals surface area contributed by atoms with Crippen LogP contribution in [-0.2, 0) is 17.4 Å². The number of allylic oxidation sites excluding steroid dienone is 1. The Kier molecular flexibility index (Phi) is 6.89. The number of ketones is 2. The van der Waals surface area contributed by atoms with Crippen LogP contribution < -0.4 is 0 Å². The number of carbonyl (C=O) groups is 2. The molecule has 0 unspecified atom stereocenters. The van der Waals surface area contributed by atoms with Gasteiger partial charge in [-0.05, 0) is 49.4 Å². The number of hydrogen-bond donors (Lipinski definition) is 0. The molecule has 28 heavy (non-hydrogen) atoms. The van der Waals surface area contributed by atoms with Crippen molar-refractivity contribution < 1.29 is 22.8 Å². The van der Waals surface area contributed by atoms with Crippen molar-refractivity contribution in [3.63, 3.8) is 0 Å². The van der Waals surface area contributed by atoms with Gasteiger partial charge in [0, 0.05) is 25.1 Å². The van der Waals surface area contributed by atoms with E-state index >= 15 is 0 Å². The third-order valence-corrected chi connectivity index (χ3v) is 4.34. The van der Waals surface area contributed by atoms with E-state index in [0.29, 0.717) is 36.8 Å². The molecule has 0 bridgehead atoms. The van der Waals surface area contributed by atoms with Crippen LogP contribution in [0.3, 0.4) is 0 Å². The maximum atomic E-state index is 13.3. The van der Waals surface area contributed by atoms with Crippen molar-refractivity contribution in [1.82, 2.24) is 4.98 Å². The molecule has 148 valence electrons. The Labute approximate surface area is 162 Å². The van der Waals surface area contributed by atoms with E-state index in [1.807, 2.05) is 0 Å². The summed E-state index contributed by atoms with van der Waals surface area (Å²) in [7, 11) is 0. The minimum atomic E-state index is -4.49.